The lowest BCUT2D eigenvalue weighted by Gasteiger charge is -1.94. The van der Waals surface area contributed by atoms with Crippen molar-refractivity contribution in [2.45, 2.75) is 39.5 Å². The van der Waals surface area contributed by atoms with E-state index in [1.165, 1.54) is 22.0 Å². The van der Waals surface area contributed by atoms with Crippen LogP contribution in [0.2, 0.25) is 0 Å². The first-order valence-electron chi connectivity index (χ1n) is 5.41. The van der Waals surface area contributed by atoms with Crippen LogP contribution in [0, 0.1) is 0 Å². The van der Waals surface area contributed by atoms with Crippen LogP contribution in [-0.4, -0.2) is 8.75 Å². The van der Waals surface area contributed by atoms with Gasteiger partial charge in [-0.2, -0.15) is 0 Å². The van der Waals surface area contributed by atoms with Gasteiger partial charge in [-0.1, -0.05) is 27.7 Å². The average Bonchev–Trinajstić information content (AvgIpc) is 2.93. The molecule has 4 heteroatoms. The zero-order valence-electron chi connectivity index (χ0n) is 10.2. The molecule has 0 amide bonds. The van der Waals surface area contributed by atoms with E-state index in [1.807, 2.05) is 12.4 Å². The maximum atomic E-state index is 3.99. The highest BCUT2D eigenvalue weighted by molar-refractivity contribution is 7.05. The van der Waals surface area contributed by atoms with Crippen molar-refractivity contribution < 1.29 is 0 Å². The molecule has 0 radical (unpaired) electrons. The van der Waals surface area contributed by atoms with Gasteiger partial charge in [-0.3, -0.25) is 0 Å². The van der Waals surface area contributed by atoms with E-state index in [4.69, 9.17) is 0 Å². The summed E-state index contributed by atoms with van der Waals surface area (Å²) < 4.78 is 7.97. The smallest absolute Gasteiger partial charge is 0.0441 e. The van der Waals surface area contributed by atoms with Gasteiger partial charge in [-0.25, -0.2) is 8.75 Å². The number of aromatic nitrogens is 2. The van der Waals surface area contributed by atoms with Gasteiger partial charge in [0.15, 0.2) is 0 Å². The summed E-state index contributed by atoms with van der Waals surface area (Å²) in [6.45, 7) is 8.69. The lowest BCUT2D eigenvalue weighted by Crippen LogP contribution is -1.79. The van der Waals surface area contributed by atoms with Crippen LogP contribution in [0.3, 0.4) is 0 Å². The molecule has 0 saturated carbocycles. The highest BCUT2D eigenvalue weighted by Gasteiger charge is 1.97. The summed E-state index contributed by atoms with van der Waals surface area (Å²) in [5.41, 5.74) is 1.34. The highest BCUT2D eigenvalue weighted by atomic mass is 32.1. The van der Waals surface area contributed by atoms with Crippen molar-refractivity contribution in [2.75, 3.05) is 0 Å². The molecule has 0 aliphatic rings. The van der Waals surface area contributed by atoms with Crippen LogP contribution in [0.25, 0.3) is 0 Å². The highest BCUT2D eigenvalue weighted by Crippen LogP contribution is 2.16. The first-order valence-corrected chi connectivity index (χ1v) is 7.02. The molecule has 0 unspecified atom stereocenters. The quantitative estimate of drug-likeness (QED) is 0.786. The molecule has 2 nitrogen and oxygen atoms in total. The molecule has 0 aliphatic carbocycles. The van der Waals surface area contributed by atoms with Crippen molar-refractivity contribution in [2.24, 2.45) is 0 Å². The van der Waals surface area contributed by atoms with Gasteiger partial charge in [-0.15, -0.1) is 0 Å². The fourth-order valence-corrected chi connectivity index (χ4v) is 2.30. The minimum atomic E-state index is 0.633. The Morgan fingerprint density at radius 3 is 2.06 bits per heavy atom. The van der Waals surface area contributed by atoms with Crippen LogP contribution in [0.1, 0.15) is 50.0 Å². The number of nitrogens with zero attached hydrogens (tertiary/aromatic N) is 2. The van der Waals surface area contributed by atoms with Gasteiger partial charge in [-0.05, 0) is 46.5 Å². The Labute approximate surface area is 106 Å². The van der Waals surface area contributed by atoms with Crippen molar-refractivity contribution in [3.8, 4) is 0 Å². The Kier molecular flexibility index (Phi) is 5.63. The topological polar surface area (TPSA) is 25.8 Å². The Hall–Kier alpha value is -0.740. The molecule has 16 heavy (non-hydrogen) atoms. The monoisotopic (exact) mass is 254 g/mol. The van der Waals surface area contributed by atoms with Gasteiger partial charge < -0.3 is 0 Å². The van der Waals surface area contributed by atoms with E-state index in [0.29, 0.717) is 11.8 Å². The Morgan fingerprint density at radius 1 is 1.06 bits per heavy atom. The maximum absolute atomic E-state index is 3.99. The molecule has 2 aromatic rings. The molecular formula is C12H18N2S2. The van der Waals surface area contributed by atoms with E-state index < -0.39 is 0 Å². The first kappa shape index (κ1) is 13.3. The van der Waals surface area contributed by atoms with Crippen molar-refractivity contribution in [3.63, 3.8) is 0 Å². The Morgan fingerprint density at radius 2 is 1.81 bits per heavy atom. The van der Waals surface area contributed by atoms with E-state index in [1.54, 1.807) is 11.5 Å². The molecular weight excluding hydrogens is 236 g/mol. The SMILES string of the molecule is CC(C)c1ccns1.CC(C)c1cnsc1. The minimum Gasteiger partial charge on any atom is -0.201 e. The van der Waals surface area contributed by atoms with Gasteiger partial charge in [0.2, 0.25) is 0 Å². The fraction of sp³-hybridized carbons (Fsp3) is 0.500. The fourth-order valence-electron chi connectivity index (χ4n) is 1.02. The predicted octanol–water partition coefficient (Wildman–Crippen LogP) is 4.53. The minimum absolute atomic E-state index is 0.633. The van der Waals surface area contributed by atoms with Crippen LogP contribution in [0.5, 0.6) is 0 Å². The van der Waals surface area contributed by atoms with Crippen molar-refractivity contribution >= 4 is 23.1 Å². The molecule has 0 atom stereocenters. The van der Waals surface area contributed by atoms with E-state index >= 15 is 0 Å². The second kappa shape index (κ2) is 6.76. The zero-order chi connectivity index (χ0) is 12.0. The van der Waals surface area contributed by atoms with E-state index in [9.17, 15) is 0 Å². The molecule has 2 heterocycles. The average molecular weight is 254 g/mol. The van der Waals surface area contributed by atoms with Gasteiger partial charge >= 0.3 is 0 Å². The lowest BCUT2D eigenvalue weighted by molar-refractivity contribution is 0.869. The van der Waals surface area contributed by atoms with Crippen molar-refractivity contribution in [1.29, 1.82) is 0 Å². The third kappa shape index (κ3) is 4.41. The van der Waals surface area contributed by atoms with Crippen molar-refractivity contribution in [3.05, 3.63) is 34.3 Å². The maximum Gasteiger partial charge on any atom is 0.0441 e. The summed E-state index contributed by atoms with van der Waals surface area (Å²) in [4.78, 5) is 1.37. The first-order chi connectivity index (χ1) is 7.61. The molecule has 0 aliphatic heterocycles. The molecule has 2 aromatic heterocycles. The molecule has 88 valence electrons. The largest absolute Gasteiger partial charge is 0.201 e. The summed E-state index contributed by atoms with van der Waals surface area (Å²) in [6.07, 6.45) is 3.77. The Balaban J connectivity index is 0.000000160. The zero-order valence-corrected chi connectivity index (χ0v) is 11.8. The second-order valence-electron chi connectivity index (χ2n) is 4.18. The summed E-state index contributed by atoms with van der Waals surface area (Å²) in [5, 5.41) is 2.09. The van der Waals surface area contributed by atoms with Gasteiger partial charge in [0.05, 0.1) is 0 Å². The molecule has 0 spiro atoms. The van der Waals surface area contributed by atoms with E-state index in [-0.39, 0.29) is 0 Å². The number of rotatable bonds is 2. The lowest BCUT2D eigenvalue weighted by atomic mass is 10.1. The molecule has 2 rings (SSSR count). The summed E-state index contributed by atoms with van der Waals surface area (Å²) in [7, 11) is 0. The molecule has 0 saturated heterocycles. The summed E-state index contributed by atoms with van der Waals surface area (Å²) >= 11 is 3.10. The van der Waals surface area contributed by atoms with Gasteiger partial charge in [0.25, 0.3) is 0 Å². The molecule has 0 N–H and O–H groups in total. The third-order valence-corrected chi connectivity index (χ3v) is 3.80. The van der Waals surface area contributed by atoms with Crippen LogP contribution in [0.4, 0.5) is 0 Å². The molecule has 0 aromatic carbocycles. The predicted molar refractivity (Wildman–Crippen MR) is 72.4 cm³/mol. The standard InChI is InChI=1S/2C6H9NS/c1-5(2)6-3-7-8-4-6;1-5(2)6-3-4-7-8-6/h2*3-5H,1-2H3. The number of hydrogen-bond acceptors (Lipinski definition) is 4. The Bertz CT molecular complexity index is 325. The van der Waals surface area contributed by atoms with Crippen LogP contribution in [-0.2, 0) is 0 Å². The van der Waals surface area contributed by atoms with E-state index in [0.717, 1.165) is 0 Å². The molecule has 0 bridgehead atoms. The van der Waals surface area contributed by atoms with Gasteiger partial charge in [0, 0.05) is 22.7 Å². The van der Waals surface area contributed by atoms with Crippen LogP contribution < -0.4 is 0 Å². The summed E-state index contributed by atoms with van der Waals surface area (Å²) in [6, 6.07) is 2.06. The van der Waals surface area contributed by atoms with Crippen LogP contribution in [0.15, 0.2) is 23.8 Å². The van der Waals surface area contributed by atoms with Crippen molar-refractivity contribution in [1.82, 2.24) is 8.75 Å². The van der Waals surface area contributed by atoms with Gasteiger partial charge in [0.1, 0.15) is 0 Å². The van der Waals surface area contributed by atoms with Crippen LogP contribution >= 0.6 is 23.1 Å². The third-order valence-electron chi connectivity index (χ3n) is 2.14. The summed E-state index contributed by atoms with van der Waals surface area (Å²) in [5.74, 6) is 1.27. The number of hydrogen-bond donors (Lipinski definition) is 0. The van der Waals surface area contributed by atoms with E-state index in [2.05, 4.69) is 47.9 Å². The molecule has 0 fully saturated rings. The normalized spacial score (nSPS) is 10.4. The second-order valence-corrected chi connectivity index (χ2v) is 5.70.